The molecule has 0 unspecified atom stereocenters. The van der Waals surface area contributed by atoms with Gasteiger partial charge in [-0.05, 0) is 32.3 Å². The van der Waals surface area contributed by atoms with Gasteiger partial charge in [-0.3, -0.25) is 4.79 Å². The first-order valence-electron chi connectivity index (χ1n) is 13.8. The summed E-state index contributed by atoms with van der Waals surface area (Å²) in [6.07, 6.45) is -0.937. The Labute approximate surface area is 244 Å². The average molecular weight is 582 g/mol. The highest BCUT2D eigenvalue weighted by atomic mass is 19.4. The molecule has 0 radical (unpaired) electrons. The van der Waals surface area contributed by atoms with Crippen LogP contribution >= 0.6 is 0 Å². The molecule has 42 heavy (non-hydrogen) atoms. The van der Waals surface area contributed by atoms with Crippen LogP contribution in [0.4, 0.5) is 36.2 Å². The molecule has 0 aliphatic carbocycles. The van der Waals surface area contributed by atoms with Crippen molar-refractivity contribution in [1.82, 2.24) is 19.4 Å². The lowest BCUT2D eigenvalue weighted by molar-refractivity contribution is -0.274. The van der Waals surface area contributed by atoms with E-state index in [2.05, 4.69) is 31.9 Å². The highest BCUT2D eigenvalue weighted by Crippen LogP contribution is 2.40. The second-order valence-corrected chi connectivity index (χ2v) is 9.59. The van der Waals surface area contributed by atoms with Crippen molar-refractivity contribution in [2.45, 2.75) is 6.36 Å². The molecule has 0 atom stereocenters. The number of carbonyl (C=O) groups excluding carboxylic acids is 1. The number of nitrogens with zero attached hydrogens (tertiary/aromatic N) is 5. The Balaban J connectivity index is 1.82. The monoisotopic (exact) mass is 581 g/mol. The number of aromatic nitrogens is 3. The molecule has 4 aromatic rings. The lowest BCUT2D eigenvalue weighted by Gasteiger charge is -2.26. The summed E-state index contributed by atoms with van der Waals surface area (Å²) in [5.41, 5.74) is 1.88. The Kier molecular flexibility index (Phi) is 8.31. The summed E-state index contributed by atoms with van der Waals surface area (Å²) in [5.74, 6) is -1.45. The maximum Gasteiger partial charge on any atom is 0.573 e. The van der Waals surface area contributed by atoms with Crippen molar-refractivity contribution >= 4 is 39.8 Å². The number of ether oxygens (including phenoxy) is 1. The number of alkyl halides is 3. The maximum atomic E-state index is 13.6. The van der Waals surface area contributed by atoms with E-state index in [0.717, 1.165) is 17.0 Å². The third-order valence-corrected chi connectivity index (χ3v) is 6.17. The molecule has 0 aliphatic rings. The van der Waals surface area contributed by atoms with Crippen LogP contribution in [-0.2, 0) is 11.8 Å². The zero-order valence-electron chi connectivity index (χ0n) is 25.6. The molecule has 0 bridgehead atoms. The number of halogens is 3. The van der Waals surface area contributed by atoms with E-state index in [1.54, 1.807) is 29.6 Å². The second-order valence-electron chi connectivity index (χ2n) is 9.59. The molecule has 2 aromatic carbocycles. The van der Waals surface area contributed by atoms with Crippen LogP contribution in [0.1, 0.15) is 2.74 Å². The van der Waals surface area contributed by atoms with Gasteiger partial charge in [0.25, 0.3) is 0 Å². The summed E-state index contributed by atoms with van der Waals surface area (Å²) in [6.45, 7) is 4.45. The van der Waals surface area contributed by atoms with E-state index < -0.39 is 24.1 Å². The third-order valence-electron chi connectivity index (χ3n) is 6.17. The van der Waals surface area contributed by atoms with Gasteiger partial charge in [0.2, 0.25) is 11.9 Å². The van der Waals surface area contributed by atoms with Crippen molar-refractivity contribution in [2.24, 2.45) is 7.05 Å². The third kappa shape index (κ3) is 7.46. The highest BCUT2D eigenvalue weighted by molar-refractivity contribution is 6.02. The van der Waals surface area contributed by atoms with Crippen LogP contribution in [0.3, 0.4) is 0 Å². The first-order valence-corrected chi connectivity index (χ1v) is 12.8. The fourth-order valence-electron chi connectivity index (χ4n) is 4.19. The van der Waals surface area contributed by atoms with Crippen molar-refractivity contribution in [2.75, 3.05) is 49.8 Å². The number of rotatable bonds is 11. The van der Waals surface area contributed by atoms with E-state index in [4.69, 9.17) is 2.74 Å². The van der Waals surface area contributed by atoms with E-state index in [-0.39, 0.29) is 29.2 Å². The topological polar surface area (TPSA) is 87.5 Å². The predicted octanol–water partition coefficient (Wildman–Crippen LogP) is 5.96. The number of likely N-dealkylation sites (N-methyl/N-ethyl adjacent to an activating group) is 2. The van der Waals surface area contributed by atoms with Gasteiger partial charge in [-0.15, -0.1) is 13.2 Å². The molecule has 2 aromatic heterocycles. The molecule has 9 nitrogen and oxygen atoms in total. The summed E-state index contributed by atoms with van der Waals surface area (Å²) in [4.78, 5) is 25.0. The van der Waals surface area contributed by atoms with Gasteiger partial charge in [-0.2, -0.15) is 0 Å². The number of hydrogen-bond acceptors (Lipinski definition) is 7. The van der Waals surface area contributed by atoms with Crippen LogP contribution in [0.15, 0.2) is 79.6 Å². The molecule has 1 amide bonds. The van der Waals surface area contributed by atoms with Crippen LogP contribution in [0.25, 0.3) is 22.2 Å². The molecular weight excluding hydrogens is 547 g/mol. The standard InChI is InChI=1S/C30H32F3N7O2/c1-6-7-12-28(41)35-23-17-24(27(42-30(31,32)33)18-26(23)39(4)16-15-38(2)3)37-29-34-14-13-22(36-29)21-19-40(5)25-11-9-8-10-20(21)25/h6-14,17-19H,1,15-16H2,2-5H3,(H,35,41)(H,34,36,37)/b12-7+/i12D,19D. The summed E-state index contributed by atoms with van der Waals surface area (Å²) in [5, 5.41) is 6.18. The summed E-state index contributed by atoms with van der Waals surface area (Å²) >= 11 is 0. The largest absolute Gasteiger partial charge is 0.573 e. The molecule has 0 saturated carbocycles. The van der Waals surface area contributed by atoms with Crippen LogP contribution in [0, 0.1) is 0 Å². The quantitative estimate of drug-likeness (QED) is 0.167. The Bertz CT molecular complexity index is 1720. The van der Waals surface area contributed by atoms with Gasteiger partial charge in [-0.1, -0.05) is 36.9 Å². The van der Waals surface area contributed by atoms with Crippen molar-refractivity contribution in [3.63, 3.8) is 0 Å². The van der Waals surface area contributed by atoms with Crippen LogP contribution in [-0.4, -0.2) is 65.9 Å². The average Bonchev–Trinajstić information content (AvgIpc) is 3.22. The summed E-state index contributed by atoms with van der Waals surface area (Å²) in [7, 11) is 7.12. The van der Waals surface area contributed by atoms with Crippen LogP contribution in [0.2, 0.25) is 0 Å². The number of aryl methyl sites for hydroxylation is 1. The fraction of sp³-hybridized carbons (Fsp3) is 0.233. The van der Waals surface area contributed by atoms with Crippen molar-refractivity contribution in [1.29, 1.82) is 0 Å². The van der Waals surface area contributed by atoms with Gasteiger partial charge in [0.1, 0.15) is 0 Å². The van der Waals surface area contributed by atoms with Gasteiger partial charge >= 0.3 is 6.36 Å². The zero-order chi connectivity index (χ0) is 32.2. The summed E-state index contributed by atoms with van der Waals surface area (Å²) in [6, 6.07) is 11.1. The van der Waals surface area contributed by atoms with Gasteiger partial charge in [0.15, 0.2) is 5.75 Å². The van der Waals surface area contributed by atoms with E-state index in [0.29, 0.717) is 24.3 Å². The minimum Gasteiger partial charge on any atom is -0.403 e. The Morgan fingerprint density at radius 3 is 2.67 bits per heavy atom. The Morgan fingerprint density at radius 2 is 1.95 bits per heavy atom. The van der Waals surface area contributed by atoms with Crippen LogP contribution in [0.5, 0.6) is 5.75 Å². The lowest BCUT2D eigenvalue weighted by atomic mass is 10.1. The van der Waals surface area contributed by atoms with Crippen molar-refractivity contribution in [3.8, 4) is 17.0 Å². The zero-order valence-corrected chi connectivity index (χ0v) is 23.6. The van der Waals surface area contributed by atoms with Crippen molar-refractivity contribution in [3.05, 3.63) is 79.6 Å². The number of hydrogen-bond donors (Lipinski definition) is 2. The van der Waals surface area contributed by atoms with Gasteiger partial charge in [-0.25, -0.2) is 9.97 Å². The number of allylic oxidation sites excluding steroid dienone is 2. The first kappa shape index (κ1) is 27.3. The van der Waals surface area contributed by atoms with E-state index >= 15 is 0 Å². The van der Waals surface area contributed by atoms with Crippen molar-refractivity contribution < 1.29 is 25.4 Å². The van der Waals surface area contributed by atoms with Gasteiger partial charge in [0, 0.05) is 68.1 Å². The number of fused-ring (bicyclic) bond motifs is 1. The van der Waals surface area contributed by atoms with E-state index in [9.17, 15) is 18.0 Å². The number of amides is 1. The van der Waals surface area contributed by atoms with Gasteiger partial charge in [0.05, 0.1) is 25.5 Å². The summed E-state index contributed by atoms with van der Waals surface area (Å²) < 4.78 is 63.5. The minimum absolute atomic E-state index is 0.0689. The smallest absolute Gasteiger partial charge is 0.403 e. The first-order chi connectivity index (χ1) is 20.8. The molecule has 220 valence electrons. The number of carbonyl (C=O) groups is 1. The SMILES string of the molecule is [2H]/C(=C\C=C)C(=O)Nc1cc(Nc2nccc(-c3c([2H])n(C)c4ccccc34)n2)c(OC(F)(F)F)cc1N(C)CCN(C)C. The normalized spacial score (nSPS) is 12.6. The molecule has 0 aliphatic heterocycles. The van der Waals surface area contributed by atoms with E-state index in [1.165, 1.54) is 24.4 Å². The highest BCUT2D eigenvalue weighted by Gasteiger charge is 2.33. The van der Waals surface area contributed by atoms with Crippen LogP contribution < -0.4 is 20.3 Å². The lowest BCUT2D eigenvalue weighted by Crippen LogP contribution is -2.29. The molecule has 12 heteroatoms. The number of nitrogens with one attached hydrogen (secondary N) is 2. The number of para-hydroxylation sites is 1. The molecule has 0 saturated heterocycles. The second kappa shape index (κ2) is 12.8. The fourth-order valence-corrected chi connectivity index (χ4v) is 4.19. The van der Waals surface area contributed by atoms with E-state index in [1.807, 2.05) is 43.3 Å². The number of anilines is 4. The Morgan fingerprint density at radius 1 is 1.19 bits per heavy atom. The Hall–Kier alpha value is -4.84. The molecule has 2 N–H and O–H groups in total. The predicted molar refractivity (Wildman–Crippen MR) is 160 cm³/mol. The molecule has 4 rings (SSSR count). The molecule has 0 spiro atoms. The maximum absolute atomic E-state index is 13.6. The molecular formula is C30H32F3N7O2. The minimum atomic E-state index is -5.03. The number of benzene rings is 2. The molecule has 0 fully saturated rings. The van der Waals surface area contributed by atoms with Gasteiger partial charge < -0.3 is 29.7 Å². The molecule has 2 heterocycles.